The van der Waals surface area contributed by atoms with Crippen molar-refractivity contribution in [1.29, 1.82) is 0 Å². The van der Waals surface area contributed by atoms with Gasteiger partial charge in [0.1, 0.15) is 17.4 Å². The van der Waals surface area contributed by atoms with Crippen molar-refractivity contribution in [2.24, 2.45) is 5.16 Å². The Bertz CT molecular complexity index is 1650. The first-order chi connectivity index (χ1) is 18.7. The number of hydrogen-bond acceptors (Lipinski definition) is 13. The Hall–Kier alpha value is -4.52. The summed E-state index contributed by atoms with van der Waals surface area (Å²) in [6, 6.07) is 7.80. The third kappa shape index (κ3) is 5.73. The number of aromatic hydroxyl groups is 1. The van der Waals surface area contributed by atoms with Crippen molar-refractivity contribution in [3.05, 3.63) is 75.1 Å². The van der Waals surface area contributed by atoms with Gasteiger partial charge in [0.15, 0.2) is 22.7 Å². The van der Waals surface area contributed by atoms with Gasteiger partial charge in [0.2, 0.25) is 5.43 Å². The number of hydrogen-bond donors (Lipinski definition) is 5. The molecule has 1 aliphatic heterocycles. The molecule has 3 heterocycles. The van der Waals surface area contributed by atoms with Gasteiger partial charge in [-0.25, -0.2) is 4.98 Å². The van der Waals surface area contributed by atoms with E-state index in [0.29, 0.717) is 15.4 Å². The van der Waals surface area contributed by atoms with E-state index in [1.807, 2.05) is 0 Å². The molecule has 1 saturated heterocycles. The van der Waals surface area contributed by atoms with E-state index in [1.165, 1.54) is 19.2 Å². The molecule has 16 nitrogen and oxygen atoms in total. The first-order valence-electron chi connectivity index (χ1n) is 11.2. The summed E-state index contributed by atoms with van der Waals surface area (Å²) in [5.74, 6) is -2.69. The van der Waals surface area contributed by atoms with Crippen molar-refractivity contribution < 1.29 is 42.0 Å². The van der Waals surface area contributed by atoms with E-state index < -0.39 is 56.8 Å². The van der Waals surface area contributed by atoms with Crippen LogP contribution in [0.5, 0.6) is 5.75 Å². The summed E-state index contributed by atoms with van der Waals surface area (Å²) in [7, 11) is -5.01. The molecule has 0 spiro atoms. The third-order valence-electron chi connectivity index (χ3n) is 5.76. The van der Waals surface area contributed by atoms with Crippen molar-refractivity contribution in [3.8, 4) is 5.75 Å². The largest absolute Gasteiger partial charge is 0.503 e. The molecule has 3 aromatic rings. The van der Waals surface area contributed by atoms with Crippen LogP contribution in [-0.2, 0) is 29.1 Å². The Morgan fingerprint density at radius 2 is 1.95 bits per heavy atom. The highest BCUT2D eigenvalue weighted by Crippen LogP contribution is 2.33. The summed E-state index contributed by atoms with van der Waals surface area (Å²) in [5, 5.41) is 28.2. The minimum absolute atomic E-state index is 0.0467. The molecular formula is C22H22N6O10S2. The number of amides is 2. The molecule has 2 amide bonds. The third-order valence-corrected chi connectivity index (χ3v) is 6.77. The van der Waals surface area contributed by atoms with Crippen molar-refractivity contribution in [3.63, 3.8) is 0 Å². The molecular weight excluding hydrogens is 572 g/mol. The lowest BCUT2D eigenvalue weighted by molar-refractivity contribution is -0.218. The SMILES string of the molecule is CC1(C)[C@H](NC(=O)/C(=N\OC(c2ccccc2)c2cc(=O)c(O)cn2O)c2csc(N)n2)C(=O)N1OS(=O)(=O)O. The molecule has 1 unspecified atom stereocenters. The number of anilines is 1. The summed E-state index contributed by atoms with van der Waals surface area (Å²) in [6.45, 7) is 2.74. The highest BCUT2D eigenvalue weighted by atomic mass is 32.3. The number of nitrogens with two attached hydrogens (primary N) is 1. The molecule has 212 valence electrons. The molecule has 6 N–H and O–H groups in total. The lowest BCUT2D eigenvalue weighted by Crippen LogP contribution is -2.76. The molecule has 2 aromatic heterocycles. The second-order valence-corrected chi connectivity index (χ2v) is 10.8. The van der Waals surface area contributed by atoms with Gasteiger partial charge in [-0.15, -0.1) is 15.6 Å². The smallest absolute Gasteiger partial charge is 0.418 e. The van der Waals surface area contributed by atoms with Gasteiger partial charge in [0.05, 0.1) is 11.7 Å². The molecule has 1 fully saturated rings. The lowest BCUT2D eigenvalue weighted by atomic mass is 9.84. The van der Waals surface area contributed by atoms with Crippen LogP contribution in [0.4, 0.5) is 5.13 Å². The molecule has 18 heteroatoms. The fraction of sp³-hybridized carbons (Fsp3) is 0.227. The maximum Gasteiger partial charge on any atom is 0.418 e. The summed E-state index contributed by atoms with van der Waals surface area (Å²) in [6.07, 6.45) is -0.515. The highest BCUT2D eigenvalue weighted by Gasteiger charge is 2.58. The van der Waals surface area contributed by atoms with E-state index in [9.17, 15) is 33.1 Å². The average Bonchev–Trinajstić information content (AvgIpc) is 3.31. The van der Waals surface area contributed by atoms with Crippen LogP contribution in [0.2, 0.25) is 0 Å². The number of aromatic nitrogens is 2. The van der Waals surface area contributed by atoms with Gasteiger partial charge in [0.25, 0.3) is 11.8 Å². The van der Waals surface area contributed by atoms with Crippen molar-refractivity contribution >= 4 is 44.4 Å². The Balaban J connectivity index is 1.69. The second-order valence-electron chi connectivity index (χ2n) is 8.89. The standard InChI is InChI=1S/C22H22N6O10S2/c1-22(2)18(20(32)28(22)38-40(34,35)36)25-19(31)16(12-10-39-21(23)24-12)26-37-17(11-6-4-3-5-7-11)13-8-14(29)15(30)9-27(13)33/h3-10,17-18,30,33H,1-2H3,(H2,23,24)(H,25,31)(H,34,35,36)/b26-16-/t17?,18-/m1/s1. The van der Waals surface area contributed by atoms with Gasteiger partial charge in [-0.05, 0) is 13.8 Å². The number of oxime groups is 1. The number of pyridine rings is 1. The predicted molar refractivity (Wildman–Crippen MR) is 137 cm³/mol. The minimum Gasteiger partial charge on any atom is -0.503 e. The molecule has 2 atom stereocenters. The summed E-state index contributed by atoms with van der Waals surface area (Å²) in [4.78, 5) is 47.6. The van der Waals surface area contributed by atoms with Crippen LogP contribution in [0.1, 0.15) is 36.9 Å². The summed E-state index contributed by atoms with van der Waals surface area (Å²) in [5.41, 5.74) is 3.22. The van der Waals surface area contributed by atoms with Crippen LogP contribution in [0, 0.1) is 0 Å². The van der Waals surface area contributed by atoms with E-state index in [0.717, 1.165) is 23.6 Å². The van der Waals surface area contributed by atoms with Gasteiger partial charge < -0.3 is 26.2 Å². The van der Waals surface area contributed by atoms with Crippen molar-refractivity contribution in [2.45, 2.75) is 31.5 Å². The second kappa shape index (κ2) is 10.6. The molecule has 1 aromatic carbocycles. The van der Waals surface area contributed by atoms with Crippen molar-refractivity contribution in [1.82, 2.24) is 20.1 Å². The van der Waals surface area contributed by atoms with Gasteiger partial charge in [-0.2, -0.15) is 18.2 Å². The van der Waals surface area contributed by atoms with E-state index >= 15 is 0 Å². The zero-order valence-corrected chi connectivity index (χ0v) is 22.3. The first kappa shape index (κ1) is 28.5. The van der Waals surface area contributed by atoms with Crippen LogP contribution in [-0.4, -0.2) is 67.2 Å². The van der Waals surface area contributed by atoms with Crippen LogP contribution in [0.25, 0.3) is 0 Å². The Labute approximate surface area is 229 Å². The molecule has 0 bridgehead atoms. The van der Waals surface area contributed by atoms with E-state index in [1.54, 1.807) is 30.3 Å². The minimum atomic E-state index is -5.01. The maximum atomic E-state index is 13.3. The quantitative estimate of drug-likeness (QED) is 0.0733. The number of hydroxylamine groups is 2. The molecule has 4 rings (SSSR count). The van der Waals surface area contributed by atoms with E-state index in [2.05, 4.69) is 19.7 Å². The topological polar surface area (TPSA) is 236 Å². The number of thiazole rings is 1. The number of nitrogens with one attached hydrogen (secondary N) is 1. The summed E-state index contributed by atoms with van der Waals surface area (Å²) >= 11 is 0.976. The fourth-order valence-corrected chi connectivity index (χ4v) is 4.77. The normalized spacial score (nSPS) is 17.7. The van der Waals surface area contributed by atoms with Crippen LogP contribution < -0.4 is 16.5 Å². The highest BCUT2D eigenvalue weighted by molar-refractivity contribution is 7.80. The zero-order chi connectivity index (χ0) is 29.4. The Morgan fingerprint density at radius 1 is 1.27 bits per heavy atom. The first-order valence-corrected chi connectivity index (χ1v) is 13.4. The van der Waals surface area contributed by atoms with E-state index in [-0.39, 0.29) is 16.5 Å². The van der Waals surface area contributed by atoms with Gasteiger partial charge in [0, 0.05) is 17.0 Å². The van der Waals surface area contributed by atoms with Crippen LogP contribution in [0.3, 0.4) is 0 Å². The predicted octanol–water partition coefficient (Wildman–Crippen LogP) is 0.180. The van der Waals surface area contributed by atoms with Crippen molar-refractivity contribution in [2.75, 3.05) is 5.73 Å². The maximum absolute atomic E-state index is 13.3. The van der Waals surface area contributed by atoms with Crippen LogP contribution >= 0.6 is 11.3 Å². The molecule has 0 radical (unpaired) electrons. The number of rotatable bonds is 9. The van der Waals surface area contributed by atoms with Gasteiger partial charge >= 0.3 is 10.4 Å². The number of β-lactam (4-membered cyclic amide) rings is 1. The lowest BCUT2D eigenvalue weighted by Gasteiger charge is -2.50. The number of nitrogen functional groups attached to an aromatic ring is 1. The Kier molecular flexibility index (Phi) is 7.52. The van der Waals surface area contributed by atoms with Gasteiger partial charge in [-0.3, -0.25) is 18.9 Å². The van der Waals surface area contributed by atoms with Crippen LogP contribution in [0.15, 0.2) is 57.9 Å². The molecule has 0 aliphatic carbocycles. The number of benzene rings is 1. The fourth-order valence-electron chi connectivity index (χ4n) is 3.76. The molecule has 0 saturated carbocycles. The average molecular weight is 595 g/mol. The zero-order valence-electron chi connectivity index (χ0n) is 20.7. The van der Waals surface area contributed by atoms with E-state index in [4.69, 9.17) is 15.1 Å². The van der Waals surface area contributed by atoms with Gasteiger partial charge in [-0.1, -0.05) is 35.5 Å². The molecule has 40 heavy (non-hydrogen) atoms. The number of carbonyl (C=O) groups is 2. The number of nitrogens with zero attached hydrogens (tertiary/aromatic N) is 4. The summed E-state index contributed by atoms with van der Waals surface area (Å²) < 4.78 is 35.8. The Morgan fingerprint density at radius 3 is 2.52 bits per heavy atom. The number of carbonyl (C=O) groups excluding carboxylic acids is 2. The molecule has 1 aliphatic rings. The monoisotopic (exact) mass is 594 g/mol.